The molecule has 0 heterocycles. The lowest BCUT2D eigenvalue weighted by Crippen LogP contribution is -2.35. The summed E-state index contributed by atoms with van der Waals surface area (Å²) in [6.45, 7) is -1.06. The maximum absolute atomic E-state index is 12.3. The molecule has 20 heavy (non-hydrogen) atoms. The number of anilines is 1. The third-order valence-electron chi connectivity index (χ3n) is 2.58. The maximum Gasteiger partial charge on any atom is 0.387 e. The van der Waals surface area contributed by atoms with Crippen LogP contribution in [0.15, 0.2) is 18.2 Å². The van der Waals surface area contributed by atoms with Gasteiger partial charge in [-0.05, 0) is 18.6 Å². The van der Waals surface area contributed by atoms with Crippen molar-refractivity contribution in [1.29, 1.82) is 0 Å². The molecule has 0 spiro atoms. The number of methoxy groups -OCH3 is 1. The molecule has 0 aliphatic heterocycles. The largest absolute Gasteiger partial charge is 0.493 e. The van der Waals surface area contributed by atoms with Crippen LogP contribution in [0.5, 0.6) is 11.5 Å². The van der Waals surface area contributed by atoms with Crippen LogP contribution >= 0.6 is 0 Å². The molecule has 1 aromatic carbocycles. The summed E-state index contributed by atoms with van der Waals surface area (Å²) >= 11 is 0. The number of hydrogen-bond donors (Lipinski definition) is 2. The zero-order chi connectivity index (χ0) is 15.1. The van der Waals surface area contributed by atoms with Gasteiger partial charge in [-0.2, -0.15) is 8.78 Å². The highest BCUT2D eigenvalue weighted by Crippen LogP contribution is 2.31. The summed E-state index contributed by atoms with van der Waals surface area (Å²) in [5, 5.41) is 2.55. The molecule has 0 unspecified atom stereocenters. The Morgan fingerprint density at radius 2 is 2.10 bits per heavy atom. The van der Waals surface area contributed by atoms with E-state index in [-0.39, 0.29) is 17.4 Å². The smallest absolute Gasteiger partial charge is 0.387 e. The zero-order valence-electron chi connectivity index (χ0n) is 11.4. The maximum atomic E-state index is 12.3. The van der Waals surface area contributed by atoms with Gasteiger partial charge in [-0.25, -0.2) is 0 Å². The molecule has 0 radical (unpaired) electrons. The average molecular weight is 288 g/mol. The van der Waals surface area contributed by atoms with Crippen molar-refractivity contribution < 1.29 is 23.0 Å². The fourth-order valence-electron chi connectivity index (χ4n) is 1.62. The standard InChI is InChI=1S/C13H18F2N2O3/c1-3-4-9(16)12(18)17-8-5-6-10(19-2)11(7-8)20-13(14)15/h5-7,9,13H,3-4,16H2,1-2H3,(H,17,18)/t9-/m0/s1. The van der Waals surface area contributed by atoms with Crippen molar-refractivity contribution in [2.75, 3.05) is 12.4 Å². The molecule has 0 fully saturated rings. The van der Waals surface area contributed by atoms with Crippen molar-refractivity contribution in [3.63, 3.8) is 0 Å². The molecule has 1 atom stereocenters. The van der Waals surface area contributed by atoms with Gasteiger partial charge in [-0.15, -0.1) is 0 Å². The van der Waals surface area contributed by atoms with Gasteiger partial charge in [0.05, 0.1) is 13.2 Å². The van der Waals surface area contributed by atoms with Crippen LogP contribution in [0.1, 0.15) is 19.8 Å². The number of amides is 1. The van der Waals surface area contributed by atoms with Gasteiger partial charge in [-0.1, -0.05) is 13.3 Å². The molecule has 0 aliphatic carbocycles. The lowest BCUT2D eigenvalue weighted by Gasteiger charge is -2.14. The average Bonchev–Trinajstić information content (AvgIpc) is 2.38. The summed E-state index contributed by atoms with van der Waals surface area (Å²) in [6.07, 6.45) is 1.32. The number of halogens is 2. The van der Waals surface area contributed by atoms with Crippen molar-refractivity contribution in [2.45, 2.75) is 32.4 Å². The van der Waals surface area contributed by atoms with Gasteiger partial charge in [0.25, 0.3) is 0 Å². The highest BCUT2D eigenvalue weighted by molar-refractivity contribution is 5.94. The van der Waals surface area contributed by atoms with Crippen LogP contribution < -0.4 is 20.5 Å². The summed E-state index contributed by atoms with van der Waals surface area (Å²) < 4.78 is 33.8. The van der Waals surface area contributed by atoms with E-state index in [0.29, 0.717) is 12.1 Å². The van der Waals surface area contributed by atoms with E-state index in [1.54, 1.807) is 0 Å². The van der Waals surface area contributed by atoms with Crippen LogP contribution in [-0.2, 0) is 4.79 Å². The first-order valence-electron chi connectivity index (χ1n) is 6.17. The van der Waals surface area contributed by atoms with Crippen molar-refractivity contribution in [3.05, 3.63) is 18.2 Å². The minimum Gasteiger partial charge on any atom is -0.493 e. The second-order valence-electron chi connectivity index (χ2n) is 4.13. The summed E-state index contributed by atoms with van der Waals surface area (Å²) in [5.74, 6) is -0.370. The summed E-state index contributed by atoms with van der Waals surface area (Å²) in [4.78, 5) is 11.7. The van der Waals surface area contributed by atoms with Gasteiger partial charge < -0.3 is 20.5 Å². The van der Waals surface area contributed by atoms with Crippen LogP contribution in [0, 0.1) is 0 Å². The number of ether oxygens (including phenoxy) is 2. The van der Waals surface area contributed by atoms with Crippen LogP contribution in [0.3, 0.4) is 0 Å². The van der Waals surface area contributed by atoms with Crippen molar-refractivity contribution in [3.8, 4) is 11.5 Å². The second-order valence-corrected chi connectivity index (χ2v) is 4.13. The van der Waals surface area contributed by atoms with E-state index in [4.69, 9.17) is 10.5 Å². The fraction of sp³-hybridized carbons (Fsp3) is 0.462. The molecule has 0 aliphatic rings. The van der Waals surface area contributed by atoms with Gasteiger partial charge in [0.2, 0.25) is 5.91 Å². The molecular weight excluding hydrogens is 270 g/mol. The van der Waals surface area contributed by atoms with Crippen LogP contribution in [0.25, 0.3) is 0 Å². The molecule has 3 N–H and O–H groups in total. The second kappa shape index (κ2) is 7.64. The zero-order valence-corrected chi connectivity index (χ0v) is 11.4. The fourth-order valence-corrected chi connectivity index (χ4v) is 1.62. The Morgan fingerprint density at radius 3 is 2.65 bits per heavy atom. The van der Waals surface area contributed by atoms with Gasteiger partial charge in [-0.3, -0.25) is 4.79 Å². The minimum atomic E-state index is -2.97. The summed E-state index contributed by atoms with van der Waals surface area (Å²) in [6, 6.07) is 3.58. The number of rotatable bonds is 7. The first-order chi connectivity index (χ1) is 9.47. The van der Waals surface area contributed by atoms with E-state index in [2.05, 4.69) is 10.1 Å². The van der Waals surface area contributed by atoms with Crippen molar-refractivity contribution >= 4 is 11.6 Å². The van der Waals surface area contributed by atoms with Crippen LogP contribution in [0.2, 0.25) is 0 Å². The lowest BCUT2D eigenvalue weighted by atomic mass is 10.1. The Balaban J connectivity index is 2.83. The van der Waals surface area contributed by atoms with Crippen LogP contribution in [0.4, 0.5) is 14.5 Å². The topological polar surface area (TPSA) is 73.6 Å². The monoisotopic (exact) mass is 288 g/mol. The number of carbonyl (C=O) groups excluding carboxylic acids is 1. The van der Waals surface area contributed by atoms with E-state index in [1.165, 1.54) is 25.3 Å². The van der Waals surface area contributed by atoms with E-state index in [0.717, 1.165) is 6.42 Å². The number of hydrogen-bond acceptors (Lipinski definition) is 4. The minimum absolute atomic E-state index is 0.149. The lowest BCUT2D eigenvalue weighted by molar-refractivity contribution is -0.117. The molecule has 0 bridgehead atoms. The quantitative estimate of drug-likeness (QED) is 0.807. The van der Waals surface area contributed by atoms with E-state index >= 15 is 0 Å². The highest BCUT2D eigenvalue weighted by Gasteiger charge is 2.15. The molecule has 1 rings (SSSR count). The Labute approximate surface area is 116 Å². The van der Waals surface area contributed by atoms with Gasteiger partial charge in [0, 0.05) is 11.8 Å². The van der Waals surface area contributed by atoms with Crippen molar-refractivity contribution in [2.24, 2.45) is 5.73 Å². The Kier molecular flexibility index (Phi) is 6.17. The predicted molar refractivity (Wildman–Crippen MR) is 71.1 cm³/mol. The third kappa shape index (κ3) is 4.65. The van der Waals surface area contributed by atoms with E-state index in [9.17, 15) is 13.6 Å². The molecule has 0 saturated carbocycles. The predicted octanol–water partition coefficient (Wildman–Crippen LogP) is 2.36. The Hall–Kier alpha value is -1.89. The van der Waals surface area contributed by atoms with E-state index < -0.39 is 12.7 Å². The Bertz CT molecular complexity index is 455. The van der Waals surface area contributed by atoms with Gasteiger partial charge >= 0.3 is 6.61 Å². The van der Waals surface area contributed by atoms with Crippen molar-refractivity contribution in [1.82, 2.24) is 0 Å². The number of benzene rings is 1. The molecule has 7 heteroatoms. The van der Waals surface area contributed by atoms with Gasteiger partial charge in [0.15, 0.2) is 11.5 Å². The molecule has 0 saturated heterocycles. The summed E-state index contributed by atoms with van der Waals surface area (Å²) in [5.41, 5.74) is 5.98. The summed E-state index contributed by atoms with van der Waals surface area (Å²) in [7, 11) is 1.34. The molecular formula is C13H18F2N2O3. The molecule has 1 amide bonds. The van der Waals surface area contributed by atoms with E-state index in [1.807, 2.05) is 6.92 Å². The highest BCUT2D eigenvalue weighted by atomic mass is 19.3. The first kappa shape index (κ1) is 16.2. The third-order valence-corrected chi connectivity index (χ3v) is 2.58. The number of nitrogens with two attached hydrogens (primary N) is 1. The number of nitrogens with one attached hydrogen (secondary N) is 1. The van der Waals surface area contributed by atoms with Gasteiger partial charge in [0.1, 0.15) is 0 Å². The van der Waals surface area contributed by atoms with Crippen LogP contribution in [-0.4, -0.2) is 25.7 Å². The molecule has 0 aromatic heterocycles. The molecule has 5 nitrogen and oxygen atoms in total. The number of carbonyl (C=O) groups is 1. The first-order valence-corrected chi connectivity index (χ1v) is 6.17. The molecule has 112 valence electrons. The normalized spacial score (nSPS) is 12.1. The Morgan fingerprint density at radius 1 is 1.40 bits per heavy atom. The molecule has 1 aromatic rings. The number of alkyl halides is 2. The SMILES string of the molecule is CCC[C@H](N)C(=O)Nc1ccc(OC)c(OC(F)F)c1.